The fourth-order valence-corrected chi connectivity index (χ4v) is 2.37. The van der Waals surface area contributed by atoms with Gasteiger partial charge < -0.3 is 15.2 Å². The molecule has 0 amide bonds. The number of ether oxygens (including phenoxy) is 2. The number of halogens is 1. The SMILES string of the molecule is CC(CCOc1ccc(Cl)cc1N)N1CCOCC1. The van der Waals surface area contributed by atoms with E-state index in [2.05, 4.69) is 11.8 Å². The fourth-order valence-electron chi connectivity index (χ4n) is 2.19. The molecule has 0 spiro atoms. The molecule has 1 fully saturated rings. The van der Waals surface area contributed by atoms with Crippen LogP contribution in [0.3, 0.4) is 0 Å². The molecular formula is C14H21ClN2O2. The zero-order valence-corrected chi connectivity index (χ0v) is 12.0. The minimum Gasteiger partial charge on any atom is -0.491 e. The molecular weight excluding hydrogens is 264 g/mol. The number of hydrogen-bond acceptors (Lipinski definition) is 4. The summed E-state index contributed by atoms with van der Waals surface area (Å²) in [5, 5.41) is 0.631. The number of hydrogen-bond donors (Lipinski definition) is 1. The lowest BCUT2D eigenvalue weighted by molar-refractivity contribution is 0.0162. The van der Waals surface area contributed by atoms with Gasteiger partial charge in [-0.15, -0.1) is 0 Å². The predicted molar refractivity (Wildman–Crippen MR) is 77.8 cm³/mol. The molecule has 1 aliphatic heterocycles. The van der Waals surface area contributed by atoms with Crippen LogP contribution in [0.5, 0.6) is 5.75 Å². The molecule has 1 heterocycles. The summed E-state index contributed by atoms with van der Waals surface area (Å²) in [6.45, 7) is 6.55. The molecule has 1 atom stereocenters. The first-order valence-corrected chi connectivity index (χ1v) is 7.04. The van der Waals surface area contributed by atoms with Crippen molar-refractivity contribution in [3.05, 3.63) is 23.2 Å². The first-order valence-electron chi connectivity index (χ1n) is 6.66. The third kappa shape index (κ3) is 4.27. The summed E-state index contributed by atoms with van der Waals surface area (Å²) in [4.78, 5) is 2.43. The van der Waals surface area contributed by atoms with Gasteiger partial charge >= 0.3 is 0 Å². The van der Waals surface area contributed by atoms with E-state index in [9.17, 15) is 0 Å². The molecule has 0 aliphatic carbocycles. The Kier molecular flexibility index (Phi) is 5.31. The number of benzene rings is 1. The highest BCUT2D eigenvalue weighted by atomic mass is 35.5. The molecule has 0 radical (unpaired) electrons. The van der Waals surface area contributed by atoms with Crippen LogP contribution in [0.25, 0.3) is 0 Å². The van der Waals surface area contributed by atoms with Crippen molar-refractivity contribution in [2.45, 2.75) is 19.4 Å². The van der Waals surface area contributed by atoms with Crippen molar-refractivity contribution in [2.75, 3.05) is 38.6 Å². The standard InChI is InChI=1S/C14H21ClN2O2/c1-11(17-5-8-18-9-6-17)4-7-19-14-3-2-12(15)10-13(14)16/h2-3,10-11H,4-9,16H2,1H3. The zero-order chi connectivity index (χ0) is 13.7. The van der Waals surface area contributed by atoms with Crippen LogP contribution in [-0.2, 0) is 4.74 Å². The highest BCUT2D eigenvalue weighted by Gasteiger charge is 2.16. The Morgan fingerprint density at radius 1 is 1.42 bits per heavy atom. The average Bonchev–Trinajstić information content (AvgIpc) is 2.42. The molecule has 1 aromatic carbocycles. The van der Waals surface area contributed by atoms with Crippen LogP contribution in [0, 0.1) is 0 Å². The topological polar surface area (TPSA) is 47.7 Å². The molecule has 5 heteroatoms. The average molecular weight is 285 g/mol. The maximum absolute atomic E-state index is 5.85. The molecule has 19 heavy (non-hydrogen) atoms. The van der Waals surface area contributed by atoms with Crippen molar-refractivity contribution in [1.82, 2.24) is 4.90 Å². The summed E-state index contributed by atoms with van der Waals surface area (Å²) in [6, 6.07) is 5.82. The molecule has 1 saturated heterocycles. The van der Waals surface area contributed by atoms with Crippen molar-refractivity contribution in [3.8, 4) is 5.75 Å². The van der Waals surface area contributed by atoms with Crippen molar-refractivity contribution >= 4 is 17.3 Å². The van der Waals surface area contributed by atoms with Crippen molar-refractivity contribution in [2.24, 2.45) is 0 Å². The predicted octanol–water partition coefficient (Wildman–Crippen LogP) is 2.41. The van der Waals surface area contributed by atoms with Gasteiger partial charge in [0.1, 0.15) is 5.75 Å². The minimum atomic E-state index is 0.498. The van der Waals surface area contributed by atoms with Crippen LogP contribution in [-0.4, -0.2) is 43.9 Å². The number of morpholine rings is 1. The summed E-state index contributed by atoms with van der Waals surface area (Å²) < 4.78 is 11.1. The van der Waals surface area contributed by atoms with Crippen molar-refractivity contribution < 1.29 is 9.47 Å². The first-order chi connectivity index (χ1) is 9.16. The second-order valence-corrected chi connectivity index (χ2v) is 5.25. The van der Waals surface area contributed by atoms with E-state index in [0.717, 1.165) is 32.7 Å². The maximum atomic E-state index is 5.85. The number of anilines is 1. The molecule has 1 aromatic rings. The van der Waals surface area contributed by atoms with Crippen LogP contribution in [0.4, 0.5) is 5.69 Å². The molecule has 2 N–H and O–H groups in total. The van der Waals surface area contributed by atoms with Crippen LogP contribution < -0.4 is 10.5 Å². The van der Waals surface area contributed by atoms with Gasteiger partial charge in [0.15, 0.2) is 0 Å². The second kappa shape index (κ2) is 6.98. The zero-order valence-electron chi connectivity index (χ0n) is 11.3. The lowest BCUT2D eigenvalue weighted by Gasteiger charge is -2.32. The van der Waals surface area contributed by atoms with E-state index in [1.807, 2.05) is 6.07 Å². The minimum absolute atomic E-state index is 0.498. The van der Waals surface area contributed by atoms with Gasteiger partial charge in [0.05, 0.1) is 25.5 Å². The molecule has 1 aliphatic rings. The van der Waals surface area contributed by atoms with E-state index in [0.29, 0.717) is 29.1 Å². The summed E-state index contributed by atoms with van der Waals surface area (Å²) in [5.41, 5.74) is 6.43. The number of nitrogens with two attached hydrogens (primary N) is 1. The maximum Gasteiger partial charge on any atom is 0.142 e. The normalized spacial score (nSPS) is 18.2. The van der Waals surface area contributed by atoms with E-state index in [1.165, 1.54) is 0 Å². The number of nitrogens with zero attached hydrogens (tertiary/aromatic N) is 1. The molecule has 106 valence electrons. The lowest BCUT2D eigenvalue weighted by Crippen LogP contribution is -2.42. The van der Waals surface area contributed by atoms with Crippen LogP contribution in [0.2, 0.25) is 5.02 Å². The Bertz CT molecular complexity index is 408. The Hall–Kier alpha value is -0.970. The van der Waals surface area contributed by atoms with Gasteiger partial charge in [-0.1, -0.05) is 11.6 Å². The Morgan fingerprint density at radius 2 is 2.16 bits per heavy atom. The molecule has 0 saturated carbocycles. The number of rotatable bonds is 5. The first kappa shape index (κ1) is 14.4. The van der Waals surface area contributed by atoms with E-state index >= 15 is 0 Å². The largest absolute Gasteiger partial charge is 0.491 e. The fraction of sp³-hybridized carbons (Fsp3) is 0.571. The molecule has 0 aromatic heterocycles. The third-order valence-electron chi connectivity index (χ3n) is 3.43. The summed E-state index contributed by atoms with van der Waals surface area (Å²) in [7, 11) is 0. The van der Waals surface area contributed by atoms with Crippen molar-refractivity contribution in [3.63, 3.8) is 0 Å². The summed E-state index contributed by atoms with van der Waals surface area (Å²) in [5.74, 6) is 0.707. The van der Waals surface area contributed by atoms with Crippen LogP contribution in [0.15, 0.2) is 18.2 Å². The van der Waals surface area contributed by atoms with Gasteiger partial charge in [-0.2, -0.15) is 0 Å². The molecule has 4 nitrogen and oxygen atoms in total. The van der Waals surface area contributed by atoms with E-state index in [1.54, 1.807) is 12.1 Å². The van der Waals surface area contributed by atoms with Gasteiger partial charge in [0.2, 0.25) is 0 Å². The summed E-state index contributed by atoms with van der Waals surface area (Å²) in [6.07, 6.45) is 0.974. The highest BCUT2D eigenvalue weighted by molar-refractivity contribution is 6.30. The Balaban J connectivity index is 1.76. The molecule has 0 bridgehead atoms. The van der Waals surface area contributed by atoms with Gasteiger partial charge in [-0.25, -0.2) is 0 Å². The van der Waals surface area contributed by atoms with Gasteiger partial charge in [0.25, 0.3) is 0 Å². The molecule has 2 rings (SSSR count). The van der Waals surface area contributed by atoms with Crippen molar-refractivity contribution in [1.29, 1.82) is 0 Å². The van der Waals surface area contributed by atoms with Gasteiger partial charge in [-0.3, -0.25) is 4.90 Å². The quantitative estimate of drug-likeness (QED) is 0.844. The lowest BCUT2D eigenvalue weighted by atomic mass is 10.2. The Morgan fingerprint density at radius 3 is 2.84 bits per heavy atom. The number of nitrogen functional groups attached to an aromatic ring is 1. The summed E-state index contributed by atoms with van der Waals surface area (Å²) >= 11 is 5.85. The van der Waals surface area contributed by atoms with Crippen LogP contribution >= 0.6 is 11.6 Å². The van der Waals surface area contributed by atoms with Crippen LogP contribution in [0.1, 0.15) is 13.3 Å². The second-order valence-electron chi connectivity index (χ2n) is 4.82. The van der Waals surface area contributed by atoms with E-state index in [-0.39, 0.29) is 0 Å². The highest BCUT2D eigenvalue weighted by Crippen LogP contribution is 2.25. The van der Waals surface area contributed by atoms with Gasteiger partial charge in [0, 0.05) is 24.2 Å². The smallest absolute Gasteiger partial charge is 0.142 e. The van der Waals surface area contributed by atoms with Gasteiger partial charge in [-0.05, 0) is 31.5 Å². The van der Waals surface area contributed by atoms with E-state index in [4.69, 9.17) is 26.8 Å². The molecule has 1 unspecified atom stereocenters. The Labute approximate surface area is 119 Å². The monoisotopic (exact) mass is 284 g/mol. The third-order valence-corrected chi connectivity index (χ3v) is 3.67. The van der Waals surface area contributed by atoms with E-state index < -0.39 is 0 Å².